The van der Waals surface area contributed by atoms with Crippen LogP contribution >= 0.6 is 0 Å². The van der Waals surface area contributed by atoms with Gasteiger partial charge >= 0.3 is 25.7 Å². The average Bonchev–Trinajstić information content (AvgIpc) is 2.83. The van der Waals surface area contributed by atoms with Gasteiger partial charge in [-0.15, -0.1) is 0 Å². The smallest absolute Gasteiger partial charge is 0.325 e. The molecule has 1 saturated heterocycles. The molecule has 1 heterocycles. The molecule has 36 heavy (non-hydrogen) atoms. The standard InChI is InChI=1S/C27H60O6Si3/c1-10-13-16-28-19-22-34(25(4)5)31-35(26(6)7,23-20-29-17-14-11-2)33-36(32-34,27(8)9)24-21-30-18-15-12-3/h25-27H,10-24H2,1-9H3. The predicted molar refractivity (Wildman–Crippen MR) is 157 cm³/mol. The van der Waals surface area contributed by atoms with Gasteiger partial charge in [-0.25, -0.2) is 0 Å². The van der Waals surface area contributed by atoms with Gasteiger partial charge in [0.2, 0.25) is 0 Å². The van der Waals surface area contributed by atoms with Gasteiger partial charge in [0.25, 0.3) is 0 Å². The van der Waals surface area contributed by atoms with Crippen LogP contribution in [0, 0.1) is 0 Å². The van der Waals surface area contributed by atoms with E-state index in [2.05, 4.69) is 62.3 Å². The largest absolute Gasteiger partial charge is 0.415 e. The lowest BCUT2D eigenvalue weighted by Gasteiger charge is -2.57. The lowest BCUT2D eigenvalue weighted by atomic mass is 10.4. The summed E-state index contributed by atoms with van der Waals surface area (Å²) in [6.07, 6.45) is 6.74. The molecule has 0 aromatic carbocycles. The lowest BCUT2D eigenvalue weighted by Crippen LogP contribution is -2.73. The molecule has 216 valence electrons. The highest BCUT2D eigenvalue weighted by Crippen LogP contribution is 2.49. The first-order valence-electron chi connectivity index (χ1n) is 15.0. The zero-order valence-electron chi connectivity index (χ0n) is 25.3. The van der Waals surface area contributed by atoms with E-state index in [-0.39, 0.29) is 0 Å². The second kappa shape index (κ2) is 17.9. The van der Waals surface area contributed by atoms with Crippen LogP contribution in [0.15, 0.2) is 0 Å². The lowest BCUT2D eigenvalue weighted by molar-refractivity contribution is 0.112. The van der Waals surface area contributed by atoms with Crippen LogP contribution in [0.4, 0.5) is 0 Å². The number of unbranched alkanes of at least 4 members (excludes halogenated alkanes) is 3. The van der Waals surface area contributed by atoms with E-state index in [9.17, 15) is 0 Å². The number of ether oxygens (including phenoxy) is 3. The van der Waals surface area contributed by atoms with Crippen molar-refractivity contribution in [3.05, 3.63) is 0 Å². The number of hydrogen-bond acceptors (Lipinski definition) is 6. The molecular formula is C27H60O6Si3. The molecule has 0 aromatic heterocycles. The minimum absolute atomic E-state index is 0.328. The molecular weight excluding hydrogens is 505 g/mol. The third-order valence-corrected chi connectivity index (χ3v) is 23.7. The Morgan fingerprint density at radius 1 is 0.444 bits per heavy atom. The monoisotopic (exact) mass is 564 g/mol. The molecule has 1 aliphatic rings. The summed E-state index contributed by atoms with van der Waals surface area (Å²) >= 11 is 0. The van der Waals surface area contributed by atoms with E-state index in [1.807, 2.05) is 0 Å². The van der Waals surface area contributed by atoms with Crippen molar-refractivity contribution in [2.45, 2.75) is 136 Å². The fraction of sp³-hybridized carbons (Fsp3) is 1.00. The van der Waals surface area contributed by atoms with E-state index >= 15 is 0 Å². The maximum atomic E-state index is 7.32. The van der Waals surface area contributed by atoms with Crippen molar-refractivity contribution in [2.24, 2.45) is 0 Å². The van der Waals surface area contributed by atoms with Gasteiger partial charge in [0, 0.05) is 57.8 Å². The highest BCUT2D eigenvalue weighted by Gasteiger charge is 2.64. The van der Waals surface area contributed by atoms with Gasteiger partial charge in [0.15, 0.2) is 0 Å². The molecule has 0 atom stereocenters. The van der Waals surface area contributed by atoms with Crippen LogP contribution in [-0.4, -0.2) is 65.3 Å². The molecule has 0 saturated carbocycles. The summed E-state index contributed by atoms with van der Waals surface area (Å²) in [5, 5.41) is 0. The van der Waals surface area contributed by atoms with Crippen LogP contribution in [0.25, 0.3) is 0 Å². The van der Waals surface area contributed by atoms with Crippen LogP contribution < -0.4 is 0 Å². The highest BCUT2D eigenvalue weighted by molar-refractivity contribution is 6.96. The van der Waals surface area contributed by atoms with E-state index in [1.54, 1.807) is 0 Å². The summed E-state index contributed by atoms with van der Waals surface area (Å²) in [6, 6.07) is 2.61. The first-order valence-corrected chi connectivity index (χ1v) is 21.3. The van der Waals surface area contributed by atoms with Gasteiger partial charge in [-0.2, -0.15) is 0 Å². The van der Waals surface area contributed by atoms with Crippen molar-refractivity contribution >= 4 is 25.7 Å². The van der Waals surface area contributed by atoms with Gasteiger partial charge in [-0.1, -0.05) is 81.6 Å². The molecule has 1 fully saturated rings. The Labute approximate surface area is 227 Å². The molecule has 0 amide bonds. The first kappa shape index (κ1) is 34.4. The summed E-state index contributed by atoms with van der Waals surface area (Å²) < 4.78 is 40.2. The SMILES string of the molecule is CCCCOCC[Si]1(C(C)C)O[Si](CCOCCCC)(C(C)C)O[Si](CCOCCCC)(C(C)C)O1. The summed E-state index contributed by atoms with van der Waals surface area (Å²) in [5.74, 6) is 0. The zero-order chi connectivity index (χ0) is 27.1. The van der Waals surface area contributed by atoms with Crippen LogP contribution in [0.2, 0.25) is 34.8 Å². The Balaban J connectivity index is 3.28. The van der Waals surface area contributed by atoms with Crippen molar-refractivity contribution in [3.63, 3.8) is 0 Å². The molecule has 0 unspecified atom stereocenters. The summed E-state index contributed by atoms with van der Waals surface area (Å²) in [5.41, 5.74) is 0.985. The molecule has 0 radical (unpaired) electrons. The Kier molecular flexibility index (Phi) is 17.1. The second-order valence-corrected chi connectivity index (χ2v) is 23.6. The fourth-order valence-electron chi connectivity index (χ4n) is 4.51. The maximum absolute atomic E-state index is 7.32. The van der Waals surface area contributed by atoms with Crippen molar-refractivity contribution in [1.82, 2.24) is 0 Å². The van der Waals surface area contributed by atoms with E-state index < -0.39 is 25.7 Å². The number of rotatable bonds is 21. The van der Waals surface area contributed by atoms with Crippen molar-refractivity contribution in [2.75, 3.05) is 39.6 Å². The third-order valence-electron chi connectivity index (χ3n) is 7.39. The normalized spacial score (nSPS) is 27.0. The van der Waals surface area contributed by atoms with Crippen LogP contribution in [0.5, 0.6) is 0 Å². The van der Waals surface area contributed by atoms with Crippen LogP contribution in [0.3, 0.4) is 0 Å². The fourth-order valence-corrected chi connectivity index (χ4v) is 24.3. The zero-order valence-corrected chi connectivity index (χ0v) is 28.3. The molecule has 9 heteroatoms. The highest BCUT2D eigenvalue weighted by atomic mass is 28.5. The van der Waals surface area contributed by atoms with Crippen molar-refractivity contribution < 1.29 is 26.6 Å². The molecule has 0 spiro atoms. The van der Waals surface area contributed by atoms with E-state index in [4.69, 9.17) is 26.6 Å². The van der Waals surface area contributed by atoms with Crippen molar-refractivity contribution in [1.29, 1.82) is 0 Å². The predicted octanol–water partition coefficient (Wildman–Crippen LogP) is 8.06. The Morgan fingerprint density at radius 2 is 0.694 bits per heavy atom. The van der Waals surface area contributed by atoms with Crippen molar-refractivity contribution in [3.8, 4) is 0 Å². The molecule has 1 aliphatic heterocycles. The molecule has 0 bridgehead atoms. The molecule has 0 N–H and O–H groups in total. The maximum Gasteiger partial charge on any atom is 0.325 e. The van der Waals surface area contributed by atoms with E-state index in [0.29, 0.717) is 36.4 Å². The third kappa shape index (κ3) is 10.5. The van der Waals surface area contributed by atoms with E-state index in [0.717, 1.165) is 76.5 Å². The Bertz CT molecular complexity index is 480. The molecule has 6 nitrogen and oxygen atoms in total. The van der Waals surface area contributed by atoms with Gasteiger partial charge in [-0.3, -0.25) is 0 Å². The average molecular weight is 565 g/mol. The Morgan fingerprint density at radius 3 is 0.889 bits per heavy atom. The second-order valence-electron chi connectivity index (χ2n) is 11.4. The minimum atomic E-state index is -2.61. The molecule has 1 rings (SSSR count). The summed E-state index contributed by atoms with van der Waals surface area (Å²) in [7, 11) is -7.82. The summed E-state index contributed by atoms with van der Waals surface area (Å²) in [6.45, 7) is 24.9. The number of hydrogen-bond donors (Lipinski definition) is 0. The molecule has 0 aromatic rings. The minimum Gasteiger partial charge on any atom is -0.415 e. The van der Waals surface area contributed by atoms with Gasteiger partial charge in [0.1, 0.15) is 0 Å². The molecule has 0 aliphatic carbocycles. The van der Waals surface area contributed by atoms with Gasteiger partial charge in [0.05, 0.1) is 0 Å². The quantitative estimate of drug-likeness (QED) is 0.104. The van der Waals surface area contributed by atoms with E-state index in [1.165, 1.54) is 0 Å². The Hall–Kier alpha value is 0.411. The van der Waals surface area contributed by atoms with Crippen LogP contribution in [-0.2, 0) is 26.6 Å². The van der Waals surface area contributed by atoms with Gasteiger partial charge in [-0.05, 0) is 35.9 Å². The summed E-state index contributed by atoms with van der Waals surface area (Å²) in [4.78, 5) is 0. The topological polar surface area (TPSA) is 55.4 Å². The van der Waals surface area contributed by atoms with Crippen LogP contribution in [0.1, 0.15) is 101 Å². The first-order chi connectivity index (χ1) is 17.1. The van der Waals surface area contributed by atoms with Gasteiger partial charge < -0.3 is 26.6 Å².